The normalized spacial score (nSPS) is 27.0. The molecule has 3 heterocycles. The van der Waals surface area contributed by atoms with Gasteiger partial charge in [0.05, 0.1) is 0 Å². The Bertz CT molecular complexity index is 420. The van der Waals surface area contributed by atoms with Crippen LogP contribution in [0.25, 0.3) is 0 Å². The average Bonchev–Trinajstić information content (AvgIpc) is 2.87. The molecule has 0 spiro atoms. The lowest BCUT2D eigenvalue weighted by Gasteiger charge is -2.35. The van der Waals surface area contributed by atoms with Crippen LogP contribution < -0.4 is 10.6 Å². The van der Waals surface area contributed by atoms with Crippen LogP contribution in [0.2, 0.25) is 0 Å². The van der Waals surface area contributed by atoms with Gasteiger partial charge in [0.1, 0.15) is 11.6 Å². The van der Waals surface area contributed by atoms with Crippen molar-refractivity contribution < 1.29 is 0 Å². The number of anilines is 2. The van der Waals surface area contributed by atoms with Crippen LogP contribution in [0.1, 0.15) is 32.6 Å². The maximum Gasteiger partial charge on any atom is 0.128 e. The van der Waals surface area contributed by atoms with Crippen LogP contribution in [0.4, 0.5) is 11.6 Å². The smallest absolute Gasteiger partial charge is 0.128 e. The second-order valence-electron chi connectivity index (χ2n) is 5.64. The van der Waals surface area contributed by atoms with Crippen molar-refractivity contribution in [3.8, 4) is 0 Å². The van der Waals surface area contributed by atoms with Gasteiger partial charge in [-0.05, 0) is 51.3 Å². The third kappa shape index (κ3) is 3.00. The molecule has 0 bridgehead atoms. The number of hydrogen-bond acceptors (Lipinski definition) is 4. The highest BCUT2D eigenvalue weighted by Gasteiger charge is 2.31. The molecule has 1 aromatic rings. The zero-order valence-corrected chi connectivity index (χ0v) is 11.7. The summed E-state index contributed by atoms with van der Waals surface area (Å²) in [6.07, 6.45) is 5.27. The summed E-state index contributed by atoms with van der Waals surface area (Å²) in [5.74, 6) is 1.97. The first-order valence-electron chi connectivity index (χ1n) is 7.56. The van der Waals surface area contributed by atoms with Crippen molar-refractivity contribution >= 4 is 11.6 Å². The number of nitrogens with one attached hydrogen (secondary N) is 2. The minimum Gasteiger partial charge on any atom is -0.370 e. The zero-order chi connectivity index (χ0) is 13.1. The molecule has 0 amide bonds. The summed E-state index contributed by atoms with van der Waals surface area (Å²) in [6, 6.07) is 7.56. The van der Waals surface area contributed by atoms with Gasteiger partial charge in [-0.2, -0.15) is 0 Å². The standard InChI is InChI=1S/C15H24N4/c1-2-16-14-6-3-7-15(18-14)17-12-8-10-19-9-4-5-13(19)11-12/h3,6-7,12-13H,2,4-5,8-11H2,1H3,(H2,16,17,18). The van der Waals surface area contributed by atoms with E-state index in [2.05, 4.69) is 39.6 Å². The van der Waals surface area contributed by atoms with Crippen LogP contribution in [0.15, 0.2) is 18.2 Å². The molecule has 3 rings (SSSR count). The minimum atomic E-state index is 0.587. The molecule has 104 valence electrons. The molecule has 4 nitrogen and oxygen atoms in total. The van der Waals surface area contributed by atoms with E-state index < -0.39 is 0 Å². The molecule has 2 unspecified atom stereocenters. The van der Waals surface area contributed by atoms with Gasteiger partial charge in [0, 0.05) is 25.2 Å². The first-order chi connectivity index (χ1) is 9.35. The van der Waals surface area contributed by atoms with Gasteiger partial charge in [-0.15, -0.1) is 0 Å². The Balaban J connectivity index is 1.60. The van der Waals surface area contributed by atoms with Gasteiger partial charge < -0.3 is 15.5 Å². The molecule has 0 aliphatic carbocycles. The lowest BCUT2D eigenvalue weighted by Crippen LogP contribution is -2.42. The van der Waals surface area contributed by atoms with E-state index in [1.807, 2.05) is 6.07 Å². The quantitative estimate of drug-likeness (QED) is 0.873. The van der Waals surface area contributed by atoms with Crippen molar-refractivity contribution in [1.29, 1.82) is 0 Å². The summed E-state index contributed by atoms with van der Waals surface area (Å²) >= 11 is 0. The van der Waals surface area contributed by atoms with Crippen molar-refractivity contribution in [3.63, 3.8) is 0 Å². The third-order valence-electron chi connectivity index (χ3n) is 4.28. The van der Waals surface area contributed by atoms with Gasteiger partial charge in [-0.25, -0.2) is 4.98 Å². The minimum absolute atomic E-state index is 0.587. The van der Waals surface area contributed by atoms with Gasteiger partial charge in [-0.1, -0.05) is 6.07 Å². The lowest BCUT2D eigenvalue weighted by atomic mass is 9.97. The molecule has 2 aliphatic heterocycles. The van der Waals surface area contributed by atoms with Gasteiger partial charge >= 0.3 is 0 Å². The van der Waals surface area contributed by atoms with Crippen LogP contribution in [-0.4, -0.2) is 41.6 Å². The van der Waals surface area contributed by atoms with Crippen LogP contribution in [0, 0.1) is 0 Å². The number of piperidine rings is 1. The predicted octanol–water partition coefficient (Wildman–Crippen LogP) is 2.55. The second kappa shape index (κ2) is 5.78. The number of aromatic nitrogens is 1. The summed E-state index contributed by atoms with van der Waals surface area (Å²) in [5, 5.41) is 6.88. The highest BCUT2D eigenvalue weighted by Crippen LogP contribution is 2.28. The molecule has 0 radical (unpaired) electrons. The van der Waals surface area contributed by atoms with E-state index in [0.29, 0.717) is 6.04 Å². The Morgan fingerprint density at radius 1 is 1.26 bits per heavy atom. The molecule has 2 saturated heterocycles. The van der Waals surface area contributed by atoms with Crippen LogP contribution in [-0.2, 0) is 0 Å². The third-order valence-corrected chi connectivity index (χ3v) is 4.28. The van der Waals surface area contributed by atoms with E-state index in [1.165, 1.54) is 38.8 Å². The summed E-state index contributed by atoms with van der Waals surface area (Å²) in [5.41, 5.74) is 0. The number of pyridine rings is 1. The van der Waals surface area contributed by atoms with E-state index in [1.54, 1.807) is 0 Å². The van der Waals surface area contributed by atoms with Gasteiger partial charge in [0.25, 0.3) is 0 Å². The Morgan fingerprint density at radius 3 is 3.05 bits per heavy atom. The molecular weight excluding hydrogens is 236 g/mol. The largest absolute Gasteiger partial charge is 0.370 e. The van der Waals surface area contributed by atoms with E-state index in [0.717, 1.165) is 24.2 Å². The molecule has 4 heteroatoms. The Morgan fingerprint density at radius 2 is 2.16 bits per heavy atom. The molecule has 0 saturated carbocycles. The average molecular weight is 260 g/mol. The maximum absolute atomic E-state index is 4.61. The maximum atomic E-state index is 4.61. The van der Waals surface area contributed by atoms with Crippen molar-refractivity contribution in [2.24, 2.45) is 0 Å². The van der Waals surface area contributed by atoms with Gasteiger partial charge in [0.15, 0.2) is 0 Å². The van der Waals surface area contributed by atoms with E-state index in [4.69, 9.17) is 0 Å². The summed E-state index contributed by atoms with van der Waals surface area (Å²) in [7, 11) is 0. The molecule has 0 aromatic carbocycles. The SMILES string of the molecule is CCNc1cccc(NC2CCN3CCCC3C2)n1. The molecule has 2 atom stereocenters. The van der Waals surface area contributed by atoms with E-state index >= 15 is 0 Å². The Labute approximate surface area is 115 Å². The van der Waals surface area contributed by atoms with Crippen molar-refractivity contribution in [2.45, 2.75) is 44.7 Å². The van der Waals surface area contributed by atoms with Crippen LogP contribution in [0.5, 0.6) is 0 Å². The number of fused-ring (bicyclic) bond motifs is 1. The van der Waals surface area contributed by atoms with Crippen molar-refractivity contribution in [2.75, 3.05) is 30.3 Å². The van der Waals surface area contributed by atoms with Crippen LogP contribution in [0.3, 0.4) is 0 Å². The number of rotatable bonds is 4. The second-order valence-corrected chi connectivity index (χ2v) is 5.64. The van der Waals surface area contributed by atoms with Gasteiger partial charge in [-0.3, -0.25) is 0 Å². The highest BCUT2D eigenvalue weighted by molar-refractivity contribution is 5.45. The summed E-state index contributed by atoms with van der Waals surface area (Å²) in [4.78, 5) is 7.26. The molecule has 1 aromatic heterocycles. The summed E-state index contributed by atoms with van der Waals surface area (Å²) < 4.78 is 0. The molecular formula is C15H24N4. The zero-order valence-electron chi connectivity index (χ0n) is 11.7. The predicted molar refractivity (Wildman–Crippen MR) is 79.6 cm³/mol. The fourth-order valence-electron chi connectivity index (χ4n) is 3.36. The fraction of sp³-hybridized carbons (Fsp3) is 0.667. The monoisotopic (exact) mass is 260 g/mol. The molecule has 2 N–H and O–H groups in total. The van der Waals surface area contributed by atoms with E-state index in [-0.39, 0.29) is 0 Å². The number of hydrogen-bond donors (Lipinski definition) is 2. The molecule has 2 fully saturated rings. The summed E-state index contributed by atoms with van der Waals surface area (Å²) in [6.45, 7) is 5.56. The lowest BCUT2D eigenvalue weighted by molar-refractivity contribution is 0.188. The van der Waals surface area contributed by atoms with E-state index in [9.17, 15) is 0 Å². The molecule has 2 aliphatic rings. The Hall–Kier alpha value is -1.29. The first-order valence-corrected chi connectivity index (χ1v) is 7.56. The van der Waals surface area contributed by atoms with Gasteiger partial charge in [0.2, 0.25) is 0 Å². The highest BCUT2D eigenvalue weighted by atomic mass is 15.2. The number of nitrogens with zero attached hydrogens (tertiary/aromatic N) is 2. The first kappa shape index (κ1) is 12.7. The fourth-order valence-corrected chi connectivity index (χ4v) is 3.36. The Kier molecular flexibility index (Phi) is 3.87. The van der Waals surface area contributed by atoms with Crippen molar-refractivity contribution in [3.05, 3.63) is 18.2 Å². The topological polar surface area (TPSA) is 40.2 Å². The van der Waals surface area contributed by atoms with Crippen LogP contribution >= 0.6 is 0 Å². The van der Waals surface area contributed by atoms with Crippen molar-refractivity contribution in [1.82, 2.24) is 9.88 Å². The molecule has 19 heavy (non-hydrogen) atoms.